The van der Waals surface area contributed by atoms with E-state index in [2.05, 4.69) is 5.32 Å². The van der Waals surface area contributed by atoms with Crippen LogP contribution in [0.4, 0.5) is 0 Å². The second kappa shape index (κ2) is 7.62. The van der Waals surface area contributed by atoms with E-state index in [1.807, 2.05) is 6.07 Å². The summed E-state index contributed by atoms with van der Waals surface area (Å²) in [7, 11) is 1.74. The third kappa shape index (κ3) is 4.98. The molecule has 1 aliphatic heterocycles. The van der Waals surface area contributed by atoms with Crippen LogP contribution >= 0.6 is 0 Å². The van der Waals surface area contributed by atoms with Gasteiger partial charge in [-0.15, -0.1) is 0 Å². The van der Waals surface area contributed by atoms with E-state index >= 15 is 0 Å². The van der Waals surface area contributed by atoms with Gasteiger partial charge in [0.25, 0.3) is 0 Å². The maximum atomic E-state index is 12.1. The molecule has 7 heteroatoms. The molecule has 0 saturated carbocycles. The second-order valence-electron chi connectivity index (χ2n) is 5.55. The molecule has 0 aliphatic carbocycles. The van der Waals surface area contributed by atoms with Crippen molar-refractivity contribution in [3.63, 3.8) is 0 Å². The van der Waals surface area contributed by atoms with Crippen molar-refractivity contribution in [1.29, 1.82) is 0 Å². The number of hydrogen-bond acceptors (Lipinski definition) is 4. The molecule has 1 aliphatic rings. The van der Waals surface area contributed by atoms with Crippen molar-refractivity contribution in [3.05, 3.63) is 29.8 Å². The summed E-state index contributed by atoms with van der Waals surface area (Å²) in [5.74, 6) is -1.04. The van der Waals surface area contributed by atoms with Gasteiger partial charge in [-0.3, -0.25) is 9.59 Å². The van der Waals surface area contributed by atoms with Gasteiger partial charge in [-0.05, 0) is 24.1 Å². The lowest BCUT2D eigenvalue weighted by atomic mass is 9.95. The number of carboxylic acids is 1. The highest BCUT2D eigenvalue weighted by molar-refractivity contribution is 5.86. The summed E-state index contributed by atoms with van der Waals surface area (Å²) in [6, 6.07) is 6.89. The molecule has 0 spiro atoms. The quantitative estimate of drug-likeness (QED) is 0.802. The highest BCUT2D eigenvalue weighted by Gasteiger charge is 2.28. The number of carbonyl (C=O) groups is 3. The van der Waals surface area contributed by atoms with Crippen LogP contribution in [-0.4, -0.2) is 48.0 Å². The summed E-state index contributed by atoms with van der Waals surface area (Å²) in [6.07, 6.45) is 0.903. The molecular weight excluding hydrogens is 300 g/mol. The summed E-state index contributed by atoms with van der Waals surface area (Å²) in [4.78, 5) is 35.9. The van der Waals surface area contributed by atoms with E-state index in [1.165, 1.54) is 0 Å². The first-order chi connectivity index (χ1) is 11.0. The average molecular weight is 320 g/mol. The average Bonchev–Trinajstić information content (AvgIpc) is 2.53. The largest absolute Gasteiger partial charge is 0.482 e. The lowest BCUT2D eigenvalue weighted by Crippen LogP contribution is -2.41. The normalized spacial score (nSPS) is 17.7. The van der Waals surface area contributed by atoms with E-state index in [1.54, 1.807) is 30.1 Å². The molecule has 23 heavy (non-hydrogen) atoms. The number of likely N-dealkylation sites (tertiary alicyclic amines) is 1. The van der Waals surface area contributed by atoms with Crippen LogP contribution in [0, 0.1) is 5.92 Å². The molecule has 2 N–H and O–H groups in total. The molecule has 0 aromatic heterocycles. The van der Waals surface area contributed by atoms with Crippen molar-refractivity contribution in [2.24, 2.45) is 5.92 Å². The molecule has 1 heterocycles. The number of rotatable bonds is 6. The van der Waals surface area contributed by atoms with Gasteiger partial charge in [-0.2, -0.15) is 0 Å². The van der Waals surface area contributed by atoms with Crippen LogP contribution in [0.25, 0.3) is 0 Å². The Balaban J connectivity index is 1.85. The fraction of sp³-hybridized carbons (Fsp3) is 0.438. The van der Waals surface area contributed by atoms with E-state index in [-0.39, 0.29) is 24.2 Å². The minimum absolute atomic E-state index is 0.0135. The molecule has 7 nitrogen and oxygen atoms in total. The zero-order valence-corrected chi connectivity index (χ0v) is 12.9. The molecule has 1 aromatic carbocycles. The molecular formula is C16H20N2O5. The molecule has 2 rings (SSSR count). The zero-order chi connectivity index (χ0) is 16.8. The molecule has 124 valence electrons. The van der Waals surface area contributed by atoms with Gasteiger partial charge in [0, 0.05) is 32.5 Å². The van der Waals surface area contributed by atoms with Crippen molar-refractivity contribution in [2.75, 3.05) is 20.2 Å². The Kier molecular flexibility index (Phi) is 5.56. The highest BCUT2D eigenvalue weighted by atomic mass is 16.5. The Morgan fingerprint density at radius 1 is 1.43 bits per heavy atom. The standard InChI is InChI=1S/C16H20N2O5/c1-18-6-5-12(8-14(18)19)16(22)17-9-11-3-2-4-13(7-11)23-10-15(20)21/h2-4,7,12H,5-6,8-10H2,1H3,(H,17,22)(H,20,21). The molecule has 1 unspecified atom stereocenters. The monoisotopic (exact) mass is 320 g/mol. The summed E-state index contributed by atoms with van der Waals surface area (Å²) < 4.78 is 5.09. The number of piperidine rings is 1. The second-order valence-corrected chi connectivity index (χ2v) is 5.55. The van der Waals surface area contributed by atoms with Crippen molar-refractivity contribution in [1.82, 2.24) is 10.2 Å². The van der Waals surface area contributed by atoms with Gasteiger partial charge in [-0.25, -0.2) is 4.79 Å². The molecule has 2 amide bonds. The molecule has 0 bridgehead atoms. The van der Waals surface area contributed by atoms with Gasteiger partial charge in [0.05, 0.1) is 0 Å². The lowest BCUT2D eigenvalue weighted by molar-refractivity contribution is -0.139. The van der Waals surface area contributed by atoms with Crippen LogP contribution < -0.4 is 10.1 Å². The number of carbonyl (C=O) groups excluding carboxylic acids is 2. The third-order valence-corrected chi connectivity index (χ3v) is 3.76. The van der Waals surface area contributed by atoms with Gasteiger partial charge in [0.15, 0.2) is 6.61 Å². The number of ether oxygens (including phenoxy) is 1. The first kappa shape index (κ1) is 16.8. The first-order valence-electron chi connectivity index (χ1n) is 7.41. The maximum absolute atomic E-state index is 12.1. The topological polar surface area (TPSA) is 95.9 Å². The Hall–Kier alpha value is -2.57. The Labute approximate surface area is 134 Å². The first-order valence-corrected chi connectivity index (χ1v) is 7.41. The predicted octanol–water partition coefficient (Wildman–Crippen LogP) is 0.635. The van der Waals surface area contributed by atoms with Crippen LogP contribution in [0.5, 0.6) is 5.75 Å². The van der Waals surface area contributed by atoms with Gasteiger partial charge < -0.3 is 20.1 Å². The van der Waals surface area contributed by atoms with E-state index in [0.29, 0.717) is 25.3 Å². The highest BCUT2D eigenvalue weighted by Crippen LogP contribution is 2.18. The van der Waals surface area contributed by atoms with E-state index in [4.69, 9.17) is 9.84 Å². The van der Waals surface area contributed by atoms with E-state index < -0.39 is 12.6 Å². The minimum Gasteiger partial charge on any atom is -0.482 e. The third-order valence-electron chi connectivity index (χ3n) is 3.76. The number of nitrogens with one attached hydrogen (secondary N) is 1. The molecule has 1 aromatic rings. The molecule has 0 radical (unpaired) electrons. The smallest absolute Gasteiger partial charge is 0.341 e. The molecule has 1 atom stereocenters. The van der Waals surface area contributed by atoms with Crippen LogP contribution in [0.15, 0.2) is 24.3 Å². The van der Waals surface area contributed by atoms with E-state index in [9.17, 15) is 14.4 Å². The SMILES string of the molecule is CN1CCC(C(=O)NCc2cccc(OCC(=O)O)c2)CC1=O. The maximum Gasteiger partial charge on any atom is 0.341 e. The van der Waals surface area contributed by atoms with Gasteiger partial charge in [0.1, 0.15) is 5.75 Å². The van der Waals surface area contributed by atoms with Crippen molar-refractivity contribution < 1.29 is 24.2 Å². The van der Waals surface area contributed by atoms with Crippen molar-refractivity contribution >= 4 is 17.8 Å². The zero-order valence-electron chi connectivity index (χ0n) is 12.9. The fourth-order valence-corrected chi connectivity index (χ4v) is 2.39. The molecule has 1 saturated heterocycles. The van der Waals surface area contributed by atoms with Crippen LogP contribution in [-0.2, 0) is 20.9 Å². The number of nitrogens with zero attached hydrogens (tertiary/aromatic N) is 1. The van der Waals surface area contributed by atoms with Crippen LogP contribution in [0.2, 0.25) is 0 Å². The minimum atomic E-state index is -1.05. The number of amides is 2. The summed E-state index contributed by atoms with van der Waals surface area (Å²) >= 11 is 0. The Bertz CT molecular complexity index is 602. The Morgan fingerprint density at radius 2 is 2.22 bits per heavy atom. The van der Waals surface area contributed by atoms with Gasteiger partial charge in [-0.1, -0.05) is 12.1 Å². The van der Waals surface area contributed by atoms with Crippen molar-refractivity contribution in [3.8, 4) is 5.75 Å². The van der Waals surface area contributed by atoms with Crippen molar-refractivity contribution in [2.45, 2.75) is 19.4 Å². The summed E-state index contributed by atoms with van der Waals surface area (Å²) in [6.45, 7) is 0.493. The molecule has 1 fully saturated rings. The Morgan fingerprint density at radius 3 is 2.91 bits per heavy atom. The predicted molar refractivity (Wildman–Crippen MR) is 81.8 cm³/mol. The van der Waals surface area contributed by atoms with Gasteiger partial charge >= 0.3 is 5.97 Å². The fourth-order valence-electron chi connectivity index (χ4n) is 2.39. The summed E-state index contributed by atoms with van der Waals surface area (Å²) in [5.41, 5.74) is 0.806. The van der Waals surface area contributed by atoms with Crippen LogP contribution in [0.1, 0.15) is 18.4 Å². The number of carboxylic acid groups (broad SMARTS) is 1. The summed E-state index contributed by atoms with van der Waals surface area (Å²) in [5, 5.41) is 11.4. The number of benzene rings is 1. The van der Waals surface area contributed by atoms with E-state index in [0.717, 1.165) is 5.56 Å². The number of aliphatic carboxylic acids is 1. The van der Waals surface area contributed by atoms with Crippen LogP contribution in [0.3, 0.4) is 0 Å². The van der Waals surface area contributed by atoms with Gasteiger partial charge in [0.2, 0.25) is 11.8 Å². The lowest BCUT2D eigenvalue weighted by Gasteiger charge is -2.27. The number of hydrogen-bond donors (Lipinski definition) is 2.